The first-order chi connectivity index (χ1) is 9.06. The van der Waals surface area contributed by atoms with Crippen molar-refractivity contribution >= 4 is 34.5 Å². The minimum Gasteiger partial charge on any atom is -0.387 e. The molecule has 1 unspecified atom stereocenters. The lowest BCUT2D eigenvalue weighted by Crippen LogP contribution is -2.21. The van der Waals surface area contributed by atoms with Gasteiger partial charge in [-0.3, -0.25) is 0 Å². The van der Waals surface area contributed by atoms with E-state index in [4.69, 9.17) is 23.2 Å². The second-order valence-corrected chi connectivity index (χ2v) is 5.98. The van der Waals surface area contributed by atoms with E-state index >= 15 is 0 Å². The van der Waals surface area contributed by atoms with Crippen molar-refractivity contribution in [1.82, 2.24) is 10.3 Å². The molecule has 0 spiro atoms. The Kier molecular flexibility index (Phi) is 5.19. The van der Waals surface area contributed by atoms with Gasteiger partial charge in [0.15, 0.2) is 0 Å². The molecule has 0 radical (unpaired) electrons. The molecule has 1 aromatic carbocycles. The first-order valence-electron chi connectivity index (χ1n) is 5.81. The molecule has 0 aliphatic carbocycles. The van der Waals surface area contributed by atoms with Crippen LogP contribution in [0.1, 0.15) is 22.4 Å². The predicted molar refractivity (Wildman–Crippen MR) is 80.0 cm³/mol. The third-order valence-corrected chi connectivity index (χ3v) is 4.13. The molecule has 0 saturated carbocycles. The van der Waals surface area contributed by atoms with Crippen LogP contribution in [-0.4, -0.2) is 16.6 Å². The molecule has 19 heavy (non-hydrogen) atoms. The third-order valence-electron chi connectivity index (χ3n) is 2.60. The van der Waals surface area contributed by atoms with Crippen LogP contribution in [0, 0.1) is 6.92 Å². The van der Waals surface area contributed by atoms with Crippen LogP contribution in [0.15, 0.2) is 23.6 Å². The summed E-state index contributed by atoms with van der Waals surface area (Å²) >= 11 is 13.5. The van der Waals surface area contributed by atoms with E-state index in [1.807, 2.05) is 12.3 Å². The molecule has 0 bridgehead atoms. The van der Waals surface area contributed by atoms with Crippen molar-refractivity contribution in [3.8, 4) is 0 Å². The van der Waals surface area contributed by atoms with Crippen molar-refractivity contribution in [2.24, 2.45) is 0 Å². The van der Waals surface area contributed by atoms with E-state index in [2.05, 4.69) is 10.3 Å². The maximum Gasteiger partial charge on any atom is 0.107 e. The number of nitrogens with zero attached hydrogens (tertiary/aromatic N) is 1. The van der Waals surface area contributed by atoms with Crippen LogP contribution in [0.25, 0.3) is 0 Å². The summed E-state index contributed by atoms with van der Waals surface area (Å²) in [5, 5.41) is 17.3. The molecule has 0 amide bonds. The summed E-state index contributed by atoms with van der Waals surface area (Å²) in [6.45, 7) is 3.02. The second kappa shape index (κ2) is 6.68. The van der Waals surface area contributed by atoms with E-state index in [1.54, 1.807) is 29.5 Å². The number of nitrogens with one attached hydrogen (secondary N) is 1. The minimum atomic E-state index is -0.661. The summed E-state index contributed by atoms with van der Waals surface area (Å²) in [6.07, 6.45) is -0.661. The van der Waals surface area contributed by atoms with Gasteiger partial charge in [-0.2, -0.15) is 0 Å². The summed E-state index contributed by atoms with van der Waals surface area (Å²) < 4.78 is 0. The SMILES string of the molecule is Cc1csc(CNCC(O)c2ccc(Cl)cc2Cl)n1. The molecule has 2 aromatic rings. The van der Waals surface area contributed by atoms with E-state index < -0.39 is 6.10 Å². The van der Waals surface area contributed by atoms with Crippen LogP contribution in [0.5, 0.6) is 0 Å². The number of aromatic nitrogens is 1. The topological polar surface area (TPSA) is 45.1 Å². The van der Waals surface area contributed by atoms with Crippen LogP contribution < -0.4 is 5.32 Å². The van der Waals surface area contributed by atoms with Crippen molar-refractivity contribution in [2.75, 3.05) is 6.54 Å². The maximum atomic E-state index is 10.1. The largest absolute Gasteiger partial charge is 0.387 e. The van der Waals surface area contributed by atoms with Gasteiger partial charge in [-0.05, 0) is 19.1 Å². The van der Waals surface area contributed by atoms with Crippen LogP contribution >= 0.6 is 34.5 Å². The number of aliphatic hydroxyl groups excluding tert-OH is 1. The highest BCUT2D eigenvalue weighted by molar-refractivity contribution is 7.09. The fourth-order valence-electron chi connectivity index (χ4n) is 1.68. The lowest BCUT2D eigenvalue weighted by Gasteiger charge is -2.13. The molecule has 1 aromatic heterocycles. The van der Waals surface area contributed by atoms with Gasteiger partial charge in [-0.1, -0.05) is 29.3 Å². The van der Waals surface area contributed by atoms with Gasteiger partial charge in [0.2, 0.25) is 0 Å². The molecule has 102 valence electrons. The zero-order valence-corrected chi connectivity index (χ0v) is 12.7. The third kappa shape index (κ3) is 4.16. The summed E-state index contributed by atoms with van der Waals surface area (Å²) in [5.41, 5.74) is 1.69. The Morgan fingerprint density at radius 1 is 1.42 bits per heavy atom. The molecule has 6 heteroatoms. The van der Waals surface area contributed by atoms with E-state index in [-0.39, 0.29) is 0 Å². The Morgan fingerprint density at radius 3 is 2.84 bits per heavy atom. The van der Waals surface area contributed by atoms with Gasteiger partial charge in [0.05, 0.1) is 6.10 Å². The molecule has 0 fully saturated rings. The summed E-state index contributed by atoms with van der Waals surface area (Å²) in [5.74, 6) is 0. The summed E-state index contributed by atoms with van der Waals surface area (Å²) in [6, 6.07) is 5.09. The Morgan fingerprint density at radius 2 is 2.21 bits per heavy atom. The highest BCUT2D eigenvalue weighted by Crippen LogP contribution is 2.25. The predicted octanol–water partition coefficient (Wildman–Crippen LogP) is 3.58. The highest BCUT2D eigenvalue weighted by atomic mass is 35.5. The number of halogens is 2. The molecule has 0 aliphatic heterocycles. The Balaban J connectivity index is 1.88. The monoisotopic (exact) mass is 316 g/mol. The minimum absolute atomic E-state index is 0.417. The number of hydrogen-bond acceptors (Lipinski definition) is 4. The highest BCUT2D eigenvalue weighted by Gasteiger charge is 2.11. The molecule has 0 saturated heterocycles. The van der Waals surface area contributed by atoms with Gasteiger partial charge in [0, 0.05) is 39.8 Å². The Hall–Kier alpha value is -0.650. The van der Waals surface area contributed by atoms with E-state index in [0.717, 1.165) is 10.7 Å². The van der Waals surface area contributed by atoms with Crippen LogP contribution in [0.2, 0.25) is 10.0 Å². The fraction of sp³-hybridized carbons (Fsp3) is 0.308. The number of thiazole rings is 1. The van der Waals surface area contributed by atoms with E-state index in [1.165, 1.54) is 0 Å². The standard InChI is InChI=1S/C13H14Cl2N2OS/c1-8-7-19-13(17-8)6-16-5-12(18)10-3-2-9(14)4-11(10)15/h2-4,7,12,16,18H,5-6H2,1H3. The molecular formula is C13H14Cl2N2OS. The van der Waals surface area contributed by atoms with Crippen molar-refractivity contribution in [2.45, 2.75) is 19.6 Å². The van der Waals surface area contributed by atoms with E-state index in [9.17, 15) is 5.11 Å². The molecule has 3 nitrogen and oxygen atoms in total. The summed E-state index contributed by atoms with van der Waals surface area (Å²) in [4.78, 5) is 4.34. The van der Waals surface area contributed by atoms with Crippen LogP contribution in [0.3, 0.4) is 0 Å². The van der Waals surface area contributed by atoms with Gasteiger partial charge in [-0.25, -0.2) is 4.98 Å². The van der Waals surface area contributed by atoms with Crippen molar-refractivity contribution < 1.29 is 5.11 Å². The Labute approximate surface area is 126 Å². The average Bonchev–Trinajstić information content (AvgIpc) is 2.75. The molecule has 2 rings (SSSR count). The molecule has 0 aliphatic rings. The number of hydrogen-bond donors (Lipinski definition) is 2. The number of aliphatic hydroxyl groups is 1. The number of aryl methyl sites for hydroxylation is 1. The van der Waals surface area contributed by atoms with Gasteiger partial charge >= 0.3 is 0 Å². The van der Waals surface area contributed by atoms with Crippen LogP contribution in [-0.2, 0) is 6.54 Å². The average molecular weight is 317 g/mol. The zero-order valence-electron chi connectivity index (χ0n) is 10.4. The van der Waals surface area contributed by atoms with Gasteiger partial charge in [-0.15, -0.1) is 11.3 Å². The van der Waals surface area contributed by atoms with Crippen molar-refractivity contribution in [1.29, 1.82) is 0 Å². The van der Waals surface area contributed by atoms with E-state index in [0.29, 0.717) is 28.7 Å². The molecule has 1 atom stereocenters. The van der Waals surface area contributed by atoms with Gasteiger partial charge in [0.1, 0.15) is 5.01 Å². The van der Waals surface area contributed by atoms with Gasteiger partial charge < -0.3 is 10.4 Å². The van der Waals surface area contributed by atoms with Crippen LogP contribution in [0.4, 0.5) is 0 Å². The number of rotatable bonds is 5. The maximum absolute atomic E-state index is 10.1. The quantitative estimate of drug-likeness (QED) is 0.886. The summed E-state index contributed by atoms with van der Waals surface area (Å²) in [7, 11) is 0. The first kappa shape index (κ1) is 14.8. The van der Waals surface area contributed by atoms with Crippen molar-refractivity contribution in [3.63, 3.8) is 0 Å². The second-order valence-electron chi connectivity index (χ2n) is 4.20. The van der Waals surface area contributed by atoms with Gasteiger partial charge in [0.25, 0.3) is 0 Å². The molecule has 2 N–H and O–H groups in total. The first-order valence-corrected chi connectivity index (χ1v) is 7.44. The zero-order chi connectivity index (χ0) is 13.8. The smallest absolute Gasteiger partial charge is 0.107 e. The Bertz CT molecular complexity index is 559. The number of benzene rings is 1. The molecular weight excluding hydrogens is 303 g/mol. The lowest BCUT2D eigenvalue weighted by atomic mass is 10.1. The molecule has 1 heterocycles. The fourth-order valence-corrected chi connectivity index (χ4v) is 2.96. The normalized spacial score (nSPS) is 12.6. The van der Waals surface area contributed by atoms with Crippen molar-refractivity contribution in [3.05, 3.63) is 49.9 Å². The lowest BCUT2D eigenvalue weighted by molar-refractivity contribution is 0.174.